The van der Waals surface area contributed by atoms with E-state index in [1.54, 1.807) is 6.07 Å². The Morgan fingerprint density at radius 3 is 2.43 bits per heavy atom. The fraction of sp³-hybridized carbons (Fsp3) is 0.600. The van der Waals surface area contributed by atoms with E-state index in [-0.39, 0.29) is 17.8 Å². The van der Waals surface area contributed by atoms with Gasteiger partial charge in [0.2, 0.25) is 0 Å². The van der Waals surface area contributed by atoms with Gasteiger partial charge in [0.05, 0.1) is 5.69 Å². The number of nitrogens with one attached hydrogen (secondary N) is 1. The summed E-state index contributed by atoms with van der Waals surface area (Å²) in [4.78, 5) is 1.13. The lowest BCUT2D eigenvalue weighted by molar-refractivity contribution is -0.120. The molecule has 0 amide bonds. The maximum absolute atomic E-state index is 14.2. The summed E-state index contributed by atoms with van der Waals surface area (Å²) in [5, 5.41) is 3.15. The molecule has 0 atom stereocenters. The summed E-state index contributed by atoms with van der Waals surface area (Å²) < 4.78 is 52.0. The van der Waals surface area contributed by atoms with E-state index in [4.69, 9.17) is 0 Å². The lowest BCUT2D eigenvalue weighted by Crippen LogP contribution is -2.36. The van der Waals surface area contributed by atoms with Gasteiger partial charge in [-0.05, 0) is 30.5 Å². The molecule has 0 unspecified atom stereocenters. The molecule has 1 N–H and O–H groups in total. The summed E-state index contributed by atoms with van der Waals surface area (Å²) in [6.07, 6.45) is -2.95. The highest BCUT2D eigenvalue weighted by molar-refractivity contribution is 5.51. The van der Waals surface area contributed by atoms with Crippen molar-refractivity contribution in [2.75, 3.05) is 11.4 Å². The van der Waals surface area contributed by atoms with Crippen LogP contribution in [0, 0.1) is 5.82 Å². The molecule has 1 aromatic carbocycles. The summed E-state index contributed by atoms with van der Waals surface area (Å²) in [5.74, 6) is -0.589. The molecule has 6 heteroatoms. The van der Waals surface area contributed by atoms with E-state index in [0.29, 0.717) is 19.4 Å². The highest BCUT2D eigenvalue weighted by Crippen LogP contribution is 2.35. The normalized spacial score (nSPS) is 15.6. The molecule has 1 aliphatic carbocycles. The molecular weight excluding hydrogens is 284 g/mol. The topological polar surface area (TPSA) is 15.3 Å². The zero-order valence-corrected chi connectivity index (χ0v) is 12.2. The number of hydrogen-bond acceptors (Lipinski definition) is 2. The van der Waals surface area contributed by atoms with Crippen LogP contribution in [0.3, 0.4) is 0 Å². The first-order chi connectivity index (χ1) is 9.76. The van der Waals surface area contributed by atoms with Crippen LogP contribution < -0.4 is 10.2 Å². The van der Waals surface area contributed by atoms with E-state index >= 15 is 0 Å². The molecule has 1 aliphatic rings. The van der Waals surface area contributed by atoms with Gasteiger partial charge in [-0.15, -0.1) is 0 Å². The maximum Gasteiger partial charge on any atom is 0.405 e. The van der Waals surface area contributed by atoms with E-state index in [0.717, 1.165) is 10.5 Å². The van der Waals surface area contributed by atoms with Crippen LogP contribution in [0.1, 0.15) is 32.3 Å². The van der Waals surface area contributed by atoms with Gasteiger partial charge in [-0.1, -0.05) is 19.9 Å². The van der Waals surface area contributed by atoms with Crippen molar-refractivity contribution in [3.05, 3.63) is 29.6 Å². The molecular formula is C15H20F4N2. The van der Waals surface area contributed by atoms with Gasteiger partial charge in [-0.2, -0.15) is 13.2 Å². The van der Waals surface area contributed by atoms with Crippen LogP contribution in [0.2, 0.25) is 0 Å². The monoisotopic (exact) mass is 304 g/mol. The van der Waals surface area contributed by atoms with Crippen molar-refractivity contribution >= 4 is 5.69 Å². The smallest absolute Gasteiger partial charge is 0.357 e. The first-order valence-corrected chi connectivity index (χ1v) is 7.11. The van der Waals surface area contributed by atoms with Gasteiger partial charge in [0, 0.05) is 18.6 Å². The molecule has 0 bridgehead atoms. The van der Waals surface area contributed by atoms with Gasteiger partial charge in [0.1, 0.15) is 12.4 Å². The van der Waals surface area contributed by atoms with Crippen molar-refractivity contribution in [3.63, 3.8) is 0 Å². The molecule has 0 aliphatic heterocycles. The Kier molecular flexibility index (Phi) is 4.76. The second-order valence-electron chi connectivity index (χ2n) is 5.80. The number of rotatable bonds is 6. The molecule has 2 rings (SSSR count). The molecule has 2 nitrogen and oxygen atoms in total. The number of alkyl halides is 3. The molecule has 1 saturated carbocycles. The third-order valence-corrected chi connectivity index (χ3v) is 3.37. The summed E-state index contributed by atoms with van der Waals surface area (Å²) >= 11 is 0. The standard InChI is InChI=1S/C15H20F4N2/c1-10(2)20-8-11-3-6-14(13(16)7-11)21(12-4-5-12)9-15(17,18)19/h3,6-7,10,12,20H,4-5,8-9H2,1-2H3. The van der Waals surface area contributed by atoms with Gasteiger partial charge in [-0.3, -0.25) is 0 Å². The fourth-order valence-corrected chi connectivity index (χ4v) is 2.21. The van der Waals surface area contributed by atoms with E-state index in [2.05, 4.69) is 5.32 Å². The zero-order valence-electron chi connectivity index (χ0n) is 12.2. The average molecular weight is 304 g/mol. The van der Waals surface area contributed by atoms with Crippen molar-refractivity contribution in [2.24, 2.45) is 0 Å². The molecule has 0 radical (unpaired) electrons. The van der Waals surface area contributed by atoms with Gasteiger partial charge in [0.25, 0.3) is 0 Å². The van der Waals surface area contributed by atoms with Gasteiger partial charge in [-0.25, -0.2) is 4.39 Å². The first kappa shape index (κ1) is 16.1. The van der Waals surface area contributed by atoms with Crippen molar-refractivity contribution in [1.29, 1.82) is 0 Å². The summed E-state index contributed by atoms with van der Waals surface area (Å²) in [5.41, 5.74) is 0.774. The molecule has 1 aromatic rings. The molecule has 21 heavy (non-hydrogen) atoms. The summed E-state index contributed by atoms with van der Waals surface area (Å²) in [6.45, 7) is 3.35. The Hall–Kier alpha value is -1.30. The fourth-order valence-electron chi connectivity index (χ4n) is 2.21. The Morgan fingerprint density at radius 1 is 1.29 bits per heavy atom. The number of benzene rings is 1. The predicted molar refractivity (Wildman–Crippen MR) is 74.8 cm³/mol. The molecule has 0 aromatic heterocycles. The minimum Gasteiger partial charge on any atom is -0.357 e. The Morgan fingerprint density at radius 2 is 1.95 bits per heavy atom. The first-order valence-electron chi connectivity index (χ1n) is 7.11. The lowest BCUT2D eigenvalue weighted by Gasteiger charge is -2.26. The minimum absolute atomic E-state index is 0.0446. The Balaban J connectivity index is 2.14. The van der Waals surface area contributed by atoms with Crippen LogP contribution in [-0.4, -0.2) is 24.8 Å². The number of halogens is 4. The van der Waals surface area contributed by atoms with Crippen molar-refractivity contribution < 1.29 is 17.6 Å². The third kappa shape index (κ3) is 4.88. The van der Waals surface area contributed by atoms with Crippen LogP contribution in [0.15, 0.2) is 18.2 Å². The maximum atomic E-state index is 14.2. The van der Waals surface area contributed by atoms with E-state index in [9.17, 15) is 17.6 Å². The highest BCUT2D eigenvalue weighted by atomic mass is 19.4. The number of anilines is 1. The lowest BCUT2D eigenvalue weighted by atomic mass is 10.1. The van der Waals surface area contributed by atoms with Crippen LogP contribution in [0.4, 0.5) is 23.2 Å². The van der Waals surface area contributed by atoms with Crippen molar-refractivity contribution in [3.8, 4) is 0 Å². The zero-order chi connectivity index (χ0) is 15.6. The second-order valence-corrected chi connectivity index (χ2v) is 5.80. The van der Waals surface area contributed by atoms with Gasteiger partial charge in [0.15, 0.2) is 0 Å². The number of nitrogens with zero attached hydrogens (tertiary/aromatic N) is 1. The second kappa shape index (κ2) is 6.22. The minimum atomic E-state index is -4.33. The quantitative estimate of drug-likeness (QED) is 0.803. The van der Waals surface area contributed by atoms with Crippen LogP contribution in [0.5, 0.6) is 0 Å². The van der Waals surface area contributed by atoms with E-state index in [1.165, 1.54) is 12.1 Å². The SMILES string of the molecule is CC(C)NCc1ccc(N(CC(F)(F)F)C2CC2)c(F)c1. The van der Waals surface area contributed by atoms with Crippen LogP contribution >= 0.6 is 0 Å². The van der Waals surface area contributed by atoms with Crippen LogP contribution in [0.25, 0.3) is 0 Å². The summed E-state index contributed by atoms with van der Waals surface area (Å²) in [6, 6.07) is 4.52. The van der Waals surface area contributed by atoms with Crippen molar-refractivity contribution in [2.45, 2.75) is 51.5 Å². The summed E-state index contributed by atoms with van der Waals surface area (Å²) in [7, 11) is 0. The molecule has 118 valence electrons. The number of hydrogen-bond donors (Lipinski definition) is 1. The highest BCUT2D eigenvalue weighted by Gasteiger charge is 2.39. The van der Waals surface area contributed by atoms with Crippen molar-refractivity contribution in [1.82, 2.24) is 5.32 Å². The Bertz CT molecular complexity index is 481. The van der Waals surface area contributed by atoms with Gasteiger partial charge < -0.3 is 10.2 Å². The molecule has 1 fully saturated rings. The van der Waals surface area contributed by atoms with E-state index < -0.39 is 18.5 Å². The predicted octanol–water partition coefficient (Wildman–Crippen LogP) is 3.85. The Labute approximate surface area is 122 Å². The largest absolute Gasteiger partial charge is 0.405 e. The average Bonchev–Trinajstić information content (AvgIpc) is 3.17. The van der Waals surface area contributed by atoms with E-state index in [1.807, 2.05) is 13.8 Å². The molecule has 0 heterocycles. The third-order valence-electron chi connectivity index (χ3n) is 3.37. The molecule has 0 spiro atoms. The van der Waals surface area contributed by atoms with Crippen LogP contribution in [-0.2, 0) is 6.54 Å². The van der Waals surface area contributed by atoms with Gasteiger partial charge >= 0.3 is 6.18 Å². The molecule has 0 saturated heterocycles.